The smallest absolute Gasteiger partial charge is 0.146 e. The zero-order valence-electron chi connectivity index (χ0n) is 11.4. The molecule has 0 radical (unpaired) electrons. The lowest BCUT2D eigenvalue weighted by Crippen LogP contribution is -2.12. The third-order valence-electron chi connectivity index (χ3n) is 3.74. The van der Waals surface area contributed by atoms with Gasteiger partial charge in [-0.1, -0.05) is 12.1 Å². The number of pyridine rings is 1. The fourth-order valence-corrected chi connectivity index (χ4v) is 2.65. The summed E-state index contributed by atoms with van der Waals surface area (Å²) < 4.78 is 5.87. The lowest BCUT2D eigenvalue weighted by atomic mass is 9.92. The van der Waals surface area contributed by atoms with Crippen molar-refractivity contribution in [1.29, 1.82) is 0 Å². The molecule has 1 aromatic carbocycles. The van der Waals surface area contributed by atoms with Crippen LogP contribution in [0.15, 0.2) is 36.5 Å². The summed E-state index contributed by atoms with van der Waals surface area (Å²) in [6.45, 7) is 0.464. The second-order valence-electron chi connectivity index (χ2n) is 5.08. The molecule has 4 heteroatoms. The van der Waals surface area contributed by atoms with E-state index < -0.39 is 0 Å². The van der Waals surface area contributed by atoms with Crippen molar-refractivity contribution in [2.75, 3.05) is 5.43 Å². The number of anilines is 1. The van der Waals surface area contributed by atoms with Crippen LogP contribution in [0.5, 0.6) is 5.75 Å². The van der Waals surface area contributed by atoms with Crippen LogP contribution in [0.25, 0.3) is 0 Å². The largest absolute Gasteiger partial charge is 0.489 e. The molecule has 4 nitrogen and oxygen atoms in total. The van der Waals surface area contributed by atoms with Crippen LogP contribution in [-0.4, -0.2) is 4.98 Å². The topological polar surface area (TPSA) is 60.2 Å². The molecular formula is C16H19N3O. The minimum atomic E-state index is 0.464. The Labute approximate surface area is 119 Å². The Morgan fingerprint density at radius 1 is 1.15 bits per heavy atom. The van der Waals surface area contributed by atoms with Crippen LogP contribution in [0.4, 0.5) is 5.82 Å². The third-order valence-corrected chi connectivity index (χ3v) is 3.74. The Kier molecular flexibility index (Phi) is 3.83. The molecule has 0 atom stereocenters. The van der Waals surface area contributed by atoms with E-state index in [1.165, 1.54) is 30.4 Å². The van der Waals surface area contributed by atoms with Gasteiger partial charge < -0.3 is 10.2 Å². The molecule has 0 saturated carbocycles. The van der Waals surface area contributed by atoms with Gasteiger partial charge in [-0.15, -0.1) is 0 Å². The number of nitrogens with two attached hydrogens (primary N) is 1. The fourth-order valence-electron chi connectivity index (χ4n) is 2.65. The standard InChI is InChI=1S/C16H19N3O/c17-19-16-14(6-3-9-18-16)11-20-15-8-7-12-4-1-2-5-13(12)10-15/h3,6-10H,1-2,4-5,11,17H2,(H,18,19). The molecule has 1 heterocycles. The van der Waals surface area contributed by atoms with E-state index in [2.05, 4.69) is 28.6 Å². The van der Waals surface area contributed by atoms with Crippen molar-refractivity contribution in [2.45, 2.75) is 32.3 Å². The molecule has 0 amide bonds. The Hall–Kier alpha value is -2.07. The van der Waals surface area contributed by atoms with E-state index in [9.17, 15) is 0 Å². The average Bonchev–Trinajstić information content (AvgIpc) is 2.53. The highest BCUT2D eigenvalue weighted by atomic mass is 16.5. The molecule has 1 aliphatic rings. The van der Waals surface area contributed by atoms with Gasteiger partial charge in [0.2, 0.25) is 0 Å². The molecule has 1 aromatic heterocycles. The first-order valence-electron chi connectivity index (χ1n) is 7.02. The van der Waals surface area contributed by atoms with Crippen LogP contribution in [0.2, 0.25) is 0 Å². The van der Waals surface area contributed by atoms with Crippen molar-refractivity contribution in [1.82, 2.24) is 4.98 Å². The molecular weight excluding hydrogens is 250 g/mol. The second kappa shape index (κ2) is 5.92. The summed E-state index contributed by atoms with van der Waals surface area (Å²) in [6.07, 6.45) is 6.64. The van der Waals surface area contributed by atoms with Crippen LogP contribution < -0.4 is 16.0 Å². The Balaban J connectivity index is 1.72. The first kappa shape index (κ1) is 12.9. The summed E-state index contributed by atoms with van der Waals surface area (Å²) in [7, 11) is 0. The number of nitrogens with zero attached hydrogens (tertiary/aromatic N) is 1. The van der Waals surface area contributed by atoms with Gasteiger partial charge in [0.15, 0.2) is 0 Å². The van der Waals surface area contributed by atoms with E-state index in [4.69, 9.17) is 10.6 Å². The van der Waals surface area contributed by atoms with Gasteiger partial charge in [-0.05, 0) is 55.0 Å². The minimum Gasteiger partial charge on any atom is -0.489 e. The maximum absolute atomic E-state index is 5.87. The number of benzene rings is 1. The number of nitrogen functional groups attached to an aromatic ring is 1. The molecule has 20 heavy (non-hydrogen) atoms. The molecule has 3 N–H and O–H groups in total. The van der Waals surface area contributed by atoms with Gasteiger partial charge in [0.1, 0.15) is 18.2 Å². The number of rotatable bonds is 4. The van der Waals surface area contributed by atoms with E-state index in [0.29, 0.717) is 12.4 Å². The SMILES string of the molecule is NNc1ncccc1COc1ccc2c(c1)CCCC2. The Bertz CT molecular complexity index is 598. The Morgan fingerprint density at radius 2 is 2.00 bits per heavy atom. The van der Waals surface area contributed by atoms with E-state index >= 15 is 0 Å². The molecule has 3 rings (SSSR count). The van der Waals surface area contributed by atoms with E-state index in [-0.39, 0.29) is 0 Å². The zero-order valence-corrected chi connectivity index (χ0v) is 11.4. The number of aromatic nitrogens is 1. The van der Waals surface area contributed by atoms with Gasteiger partial charge in [0, 0.05) is 11.8 Å². The summed E-state index contributed by atoms with van der Waals surface area (Å²) in [5, 5.41) is 0. The number of fused-ring (bicyclic) bond motifs is 1. The summed E-state index contributed by atoms with van der Waals surface area (Å²) in [5.74, 6) is 7.01. The second-order valence-corrected chi connectivity index (χ2v) is 5.08. The van der Waals surface area contributed by atoms with Gasteiger partial charge in [-0.2, -0.15) is 0 Å². The van der Waals surface area contributed by atoms with Crippen molar-refractivity contribution >= 4 is 5.82 Å². The monoisotopic (exact) mass is 269 g/mol. The predicted molar refractivity (Wildman–Crippen MR) is 79.5 cm³/mol. The summed E-state index contributed by atoms with van der Waals surface area (Å²) in [4.78, 5) is 4.16. The Morgan fingerprint density at radius 3 is 2.85 bits per heavy atom. The highest BCUT2D eigenvalue weighted by Gasteiger charge is 2.10. The molecule has 1 aliphatic carbocycles. The predicted octanol–water partition coefficient (Wildman–Crippen LogP) is 2.83. The molecule has 0 aliphatic heterocycles. The van der Waals surface area contributed by atoms with Gasteiger partial charge in [0.05, 0.1) is 0 Å². The molecule has 104 valence electrons. The van der Waals surface area contributed by atoms with Crippen molar-refractivity contribution in [3.8, 4) is 5.75 Å². The van der Waals surface area contributed by atoms with Gasteiger partial charge in [-0.3, -0.25) is 0 Å². The average molecular weight is 269 g/mol. The van der Waals surface area contributed by atoms with Crippen LogP contribution in [-0.2, 0) is 19.4 Å². The normalized spacial score (nSPS) is 13.7. The van der Waals surface area contributed by atoms with Crippen LogP contribution in [0, 0.1) is 0 Å². The number of nitrogens with one attached hydrogen (secondary N) is 1. The number of aryl methyl sites for hydroxylation is 2. The minimum absolute atomic E-state index is 0.464. The van der Waals surface area contributed by atoms with Crippen molar-refractivity contribution < 1.29 is 4.74 Å². The molecule has 0 fully saturated rings. The van der Waals surface area contributed by atoms with Gasteiger partial charge >= 0.3 is 0 Å². The van der Waals surface area contributed by atoms with Gasteiger partial charge in [-0.25, -0.2) is 10.8 Å². The van der Waals surface area contributed by atoms with Gasteiger partial charge in [0.25, 0.3) is 0 Å². The maximum Gasteiger partial charge on any atom is 0.146 e. The quantitative estimate of drug-likeness (QED) is 0.662. The molecule has 0 unspecified atom stereocenters. The molecule has 0 spiro atoms. The number of hydrazine groups is 1. The lowest BCUT2D eigenvalue weighted by Gasteiger charge is -2.17. The van der Waals surface area contributed by atoms with Crippen molar-refractivity contribution in [2.24, 2.45) is 5.84 Å². The van der Waals surface area contributed by atoms with Crippen molar-refractivity contribution in [3.63, 3.8) is 0 Å². The zero-order chi connectivity index (χ0) is 13.8. The summed E-state index contributed by atoms with van der Waals surface area (Å²) in [5.41, 5.74) is 6.44. The van der Waals surface area contributed by atoms with E-state index in [0.717, 1.165) is 17.7 Å². The van der Waals surface area contributed by atoms with E-state index in [1.807, 2.05) is 12.1 Å². The lowest BCUT2D eigenvalue weighted by molar-refractivity contribution is 0.306. The first-order chi connectivity index (χ1) is 9.86. The van der Waals surface area contributed by atoms with Crippen LogP contribution in [0.1, 0.15) is 29.5 Å². The van der Waals surface area contributed by atoms with Crippen molar-refractivity contribution in [3.05, 3.63) is 53.2 Å². The van der Waals surface area contributed by atoms with E-state index in [1.54, 1.807) is 6.20 Å². The molecule has 2 aromatic rings. The fraction of sp³-hybridized carbons (Fsp3) is 0.312. The number of hydrogen-bond acceptors (Lipinski definition) is 4. The summed E-state index contributed by atoms with van der Waals surface area (Å²) >= 11 is 0. The third kappa shape index (κ3) is 2.75. The summed E-state index contributed by atoms with van der Waals surface area (Å²) in [6, 6.07) is 10.2. The molecule has 0 bridgehead atoms. The highest BCUT2D eigenvalue weighted by molar-refractivity contribution is 5.42. The number of ether oxygens (including phenoxy) is 1. The van der Waals surface area contributed by atoms with Crippen LogP contribution >= 0.6 is 0 Å². The highest BCUT2D eigenvalue weighted by Crippen LogP contribution is 2.26. The number of hydrogen-bond donors (Lipinski definition) is 2. The van der Waals surface area contributed by atoms with Crippen LogP contribution in [0.3, 0.4) is 0 Å². The molecule has 0 saturated heterocycles. The first-order valence-corrected chi connectivity index (χ1v) is 7.02. The maximum atomic E-state index is 5.87.